The molecule has 2 aromatic heterocycles. The summed E-state index contributed by atoms with van der Waals surface area (Å²) in [6.07, 6.45) is 2.74. The number of nitrogens with zero attached hydrogens (tertiary/aromatic N) is 3. The molecule has 0 saturated carbocycles. The Balaban J connectivity index is 1.98. The Labute approximate surface area is 124 Å². The Morgan fingerprint density at radius 2 is 2.15 bits per heavy atom. The first-order chi connectivity index (χ1) is 9.66. The maximum Gasteiger partial charge on any atom is 0.287 e. The maximum absolute atomic E-state index is 11.8. The average molecular weight is 384 g/mol. The smallest absolute Gasteiger partial charge is 0.287 e. The number of amides is 1. The van der Waals surface area contributed by atoms with Crippen LogP contribution in [0.3, 0.4) is 0 Å². The fourth-order valence-corrected chi connectivity index (χ4v) is 2.65. The van der Waals surface area contributed by atoms with Crippen molar-refractivity contribution in [2.45, 2.75) is 0 Å². The van der Waals surface area contributed by atoms with Crippen LogP contribution in [0.5, 0.6) is 0 Å². The summed E-state index contributed by atoms with van der Waals surface area (Å²) < 4.78 is 4.60. The van der Waals surface area contributed by atoms with Crippen molar-refractivity contribution in [3.8, 4) is 0 Å². The first-order valence-corrected chi connectivity index (χ1v) is 7.76. The van der Waals surface area contributed by atoms with Crippen LogP contribution in [0.15, 0.2) is 42.7 Å². The molecule has 0 aliphatic rings. The van der Waals surface area contributed by atoms with E-state index in [4.69, 9.17) is 0 Å². The van der Waals surface area contributed by atoms with Gasteiger partial charge in [-0.1, -0.05) is 6.07 Å². The molecule has 0 saturated heterocycles. The zero-order valence-corrected chi connectivity index (χ0v) is 12.2. The molecule has 0 unspecified atom stereocenters. The van der Waals surface area contributed by atoms with Crippen LogP contribution in [0.1, 0.15) is 16.2 Å². The molecule has 20 heavy (non-hydrogen) atoms. The van der Waals surface area contributed by atoms with E-state index < -0.39 is 25.9 Å². The molecular weight excluding hydrogens is 375 g/mol. The minimum atomic E-state index is -0.701. The van der Waals surface area contributed by atoms with E-state index in [9.17, 15) is 14.9 Å². The Morgan fingerprint density at radius 3 is 2.75 bits per heavy atom. The normalized spacial score (nSPS) is 10.8. The molecule has 0 atom stereocenters. The van der Waals surface area contributed by atoms with E-state index in [1.807, 2.05) is 22.2 Å². The molecule has 0 radical (unpaired) electrons. The molecule has 1 N–H and O–H groups in total. The van der Waals surface area contributed by atoms with Gasteiger partial charge in [0.15, 0.2) is 0 Å². The summed E-state index contributed by atoms with van der Waals surface area (Å²) in [7, 11) is 0. The van der Waals surface area contributed by atoms with Crippen LogP contribution in [-0.2, 0) is 0 Å². The lowest BCUT2D eigenvalue weighted by Crippen LogP contribution is -2.14. The molecule has 0 spiro atoms. The molecule has 0 aliphatic heterocycles. The molecule has 102 valence electrons. The van der Waals surface area contributed by atoms with E-state index >= 15 is 0 Å². The SMILES string of the molecule is O=C(NI=Cc1ccccn1)c1ccc([N+](=O)[O-])cn1. The molecule has 2 heterocycles. The van der Waals surface area contributed by atoms with E-state index in [1.165, 1.54) is 12.1 Å². The molecule has 0 aliphatic carbocycles. The molecule has 8 heteroatoms. The van der Waals surface area contributed by atoms with Crippen LogP contribution in [0, 0.1) is 10.1 Å². The highest BCUT2D eigenvalue weighted by molar-refractivity contribution is 14.2. The number of pyridine rings is 2. The quantitative estimate of drug-likeness (QED) is 0.376. The standard InChI is InChI=1S/C12H9IN4O3/c18-12(11-5-4-10(8-15-11)17(19)20)16-13-7-9-3-1-2-6-14-9/h1-8H,(H,16,18). The van der Waals surface area contributed by atoms with Gasteiger partial charge in [-0.2, -0.15) is 0 Å². The second kappa shape index (κ2) is 6.80. The molecule has 0 bridgehead atoms. The Bertz CT molecular complexity index is 644. The highest BCUT2D eigenvalue weighted by Gasteiger charge is 2.09. The van der Waals surface area contributed by atoms with Gasteiger partial charge in [0.1, 0.15) is 11.9 Å². The third-order valence-electron chi connectivity index (χ3n) is 2.19. The highest BCUT2D eigenvalue weighted by atomic mass is 127. The summed E-state index contributed by atoms with van der Waals surface area (Å²) in [5, 5.41) is 10.5. The summed E-state index contributed by atoms with van der Waals surface area (Å²) in [6.45, 7) is 0. The Kier molecular flexibility index (Phi) is 4.82. The van der Waals surface area contributed by atoms with Crippen LogP contribution in [0.25, 0.3) is 0 Å². The lowest BCUT2D eigenvalue weighted by Gasteiger charge is -1.98. The molecule has 2 rings (SSSR count). The van der Waals surface area contributed by atoms with Gasteiger partial charge in [-0.05, 0) is 18.2 Å². The van der Waals surface area contributed by atoms with Crippen LogP contribution in [-0.4, -0.2) is 24.8 Å². The molecule has 2 aromatic rings. The Morgan fingerprint density at radius 1 is 1.30 bits per heavy atom. The number of aromatic nitrogens is 2. The van der Waals surface area contributed by atoms with Crippen molar-refractivity contribution in [2.75, 3.05) is 0 Å². The summed E-state index contributed by atoms with van der Waals surface area (Å²) in [6, 6.07) is 8.11. The van der Waals surface area contributed by atoms with Gasteiger partial charge < -0.3 is 0 Å². The molecule has 0 fully saturated rings. The monoisotopic (exact) mass is 384 g/mol. The van der Waals surface area contributed by atoms with Gasteiger partial charge >= 0.3 is 0 Å². The second-order valence-corrected chi connectivity index (χ2v) is 5.34. The Hall–Kier alpha value is -2.23. The number of halogens is 1. The van der Waals surface area contributed by atoms with E-state index in [2.05, 4.69) is 13.5 Å². The minimum Gasteiger partial charge on any atom is -0.299 e. The predicted octanol–water partition coefficient (Wildman–Crippen LogP) is 1.85. The number of hydrogen-bond donors (Lipinski definition) is 1. The number of nitrogens with one attached hydrogen (secondary N) is 1. The number of carbonyl (C=O) groups is 1. The fraction of sp³-hybridized carbons (Fsp3) is 0. The van der Waals surface area contributed by atoms with Crippen molar-refractivity contribution in [3.05, 3.63) is 64.2 Å². The van der Waals surface area contributed by atoms with Crippen LogP contribution in [0.4, 0.5) is 5.69 Å². The first kappa shape index (κ1) is 14.2. The van der Waals surface area contributed by atoms with Gasteiger partial charge in [0.25, 0.3) is 11.6 Å². The van der Waals surface area contributed by atoms with Gasteiger partial charge in [0.2, 0.25) is 0 Å². The first-order valence-electron chi connectivity index (χ1n) is 5.44. The summed E-state index contributed by atoms with van der Waals surface area (Å²) in [5.74, 6) is -0.347. The number of nitro groups is 1. The van der Waals surface area contributed by atoms with Gasteiger partial charge in [-0.25, -0.2) is 4.98 Å². The van der Waals surface area contributed by atoms with Crippen molar-refractivity contribution >= 4 is 36.6 Å². The topological polar surface area (TPSA) is 98.0 Å². The van der Waals surface area contributed by atoms with E-state index in [-0.39, 0.29) is 17.3 Å². The van der Waals surface area contributed by atoms with Crippen molar-refractivity contribution < 1.29 is 9.72 Å². The lowest BCUT2D eigenvalue weighted by atomic mass is 10.3. The van der Waals surface area contributed by atoms with E-state index in [0.29, 0.717) is 0 Å². The van der Waals surface area contributed by atoms with Crippen molar-refractivity contribution in [3.63, 3.8) is 0 Å². The fourth-order valence-electron chi connectivity index (χ4n) is 1.25. The summed E-state index contributed by atoms with van der Waals surface area (Å²) >= 11 is -0.701. The van der Waals surface area contributed by atoms with Crippen molar-refractivity contribution in [2.24, 2.45) is 0 Å². The molecule has 7 nitrogen and oxygen atoms in total. The average Bonchev–Trinajstić information content (AvgIpc) is 2.48. The summed E-state index contributed by atoms with van der Waals surface area (Å²) in [5.41, 5.74) is 0.818. The van der Waals surface area contributed by atoms with Gasteiger partial charge in [-0.15, -0.1) is 0 Å². The van der Waals surface area contributed by atoms with Crippen molar-refractivity contribution in [1.29, 1.82) is 0 Å². The highest BCUT2D eigenvalue weighted by Crippen LogP contribution is 2.09. The third-order valence-corrected chi connectivity index (χ3v) is 3.94. The van der Waals surface area contributed by atoms with Crippen LogP contribution < -0.4 is 3.53 Å². The lowest BCUT2D eigenvalue weighted by molar-refractivity contribution is -0.385. The van der Waals surface area contributed by atoms with E-state index in [0.717, 1.165) is 11.9 Å². The van der Waals surface area contributed by atoms with Crippen LogP contribution >= 0.6 is 21.0 Å². The van der Waals surface area contributed by atoms with Gasteiger partial charge in [0, 0.05) is 37.3 Å². The zero-order chi connectivity index (χ0) is 14.4. The predicted molar refractivity (Wildman–Crippen MR) is 81.8 cm³/mol. The largest absolute Gasteiger partial charge is 0.299 e. The number of carbonyl (C=O) groups excluding carboxylic acids is 1. The van der Waals surface area contributed by atoms with Gasteiger partial charge in [-0.3, -0.25) is 23.4 Å². The second-order valence-electron chi connectivity index (χ2n) is 3.56. The minimum absolute atomic E-state index is 0.142. The van der Waals surface area contributed by atoms with E-state index in [1.54, 1.807) is 6.20 Å². The molecular formula is C12H9IN4O3. The number of rotatable bonds is 4. The van der Waals surface area contributed by atoms with Crippen molar-refractivity contribution in [1.82, 2.24) is 13.5 Å². The van der Waals surface area contributed by atoms with Gasteiger partial charge in [0.05, 0.1) is 10.6 Å². The third kappa shape index (κ3) is 3.88. The number of hydrogen-bond acceptors (Lipinski definition) is 5. The maximum atomic E-state index is 11.8. The summed E-state index contributed by atoms with van der Waals surface area (Å²) in [4.78, 5) is 29.5. The van der Waals surface area contributed by atoms with Crippen LogP contribution in [0.2, 0.25) is 0 Å². The molecule has 0 aromatic carbocycles. The zero-order valence-electron chi connectivity index (χ0n) is 10.1. The molecule has 1 amide bonds.